The lowest BCUT2D eigenvalue weighted by Gasteiger charge is -2.32. The first-order chi connectivity index (χ1) is 11.8. The van der Waals surface area contributed by atoms with Gasteiger partial charge >= 0.3 is 0 Å². The average Bonchev–Trinajstić information content (AvgIpc) is 2.56. The Bertz CT molecular complexity index is 675. The summed E-state index contributed by atoms with van der Waals surface area (Å²) in [5, 5.41) is 2.85. The maximum absolute atomic E-state index is 12.3. The van der Waals surface area contributed by atoms with Crippen LogP contribution in [0.2, 0.25) is 0 Å². The van der Waals surface area contributed by atoms with Gasteiger partial charge in [-0.2, -0.15) is 0 Å². The lowest BCUT2D eigenvalue weighted by Crippen LogP contribution is -2.45. The first kappa shape index (κ1) is 19.7. The number of sulfonamides is 1. The number of alkyl halides is 2. The molecule has 1 aliphatic rings. The quantitative estimate of drug-likeness (QED) is 0.692. The minimum Gasteiger partial charge on any atom is -0.349 e. The molecule has 140 valence electrons. The second-order valence-electron chi connectivity index (χ2n) is 5.75. The summed E-state index contributed by atoms with van der Waals surface area (Å²) in [6.07, 6.45) is -1.15. The van der Waals surface area contributed by atoms with Crippen LogP contribution in [-0.2, 0) is 14.9 Å². The van der Waals surface area contributed by atoms with Crippen LogP contribution < -0.4 is 10.2 Å². The van der Waals surface area contributed by atoms with E-state index in [1.165, 1.54) is 31.4 Å². The Labute approximate surface area is 145 Å². The topological polar surface area (TPSA) is 87.7 Å². The highest BCUT2D eigenvalue weighted by Gasteiger charge is 2.23. The highest BCUT2D eigenvalue weighted by molar-refractivity contribution is 7.89. The van der Waals surface area contributed by atoms with Crippen molar-refractivity contribution in [3.8, 4) is 0 Å². The molecule has 25 heavy (non-hydrogen) atoms. The number of nitrogens with zero attached hydrogens (tertiary/aromatic N) is 1. The van der Waals surface area contributed by atoms with Crippen LogP contribution in [0.4, 0.5) is 8.78 Å². The molecule has 0 aromatic heterocycles. The molecule has 0 radical (unpaired) electrons. The molecule has 2 N–H and O–H groups in total. The number of rotatable bonds is 7. The Hall–Kier alpha value is -1.62. The maximum Gasteiger partial charge on any atom is 0.262 e. The van der Waals surface area contributed by atoms with Gasteiger partial charge in [0.25, 0.3) is 22.4 Å². The lowest BCUT2D eigenvalue weighted by molar-refractivity contribution is 0.0696. The normalized spacial score (nSPS) is 17.0. The first-order valence-corrected chi connectivity index (χ1v) is 9.26. The molecular formula is C15H21F2N3O4S. The van der Waals surface area contributed by atoms with Gasteiger partial charge in [0.05, 0.1) is 18.6 Å². The predicted molar refractivity (Wildman–Crippen MR) is 86.7 cm³/mol. The van der Waals surface area contributed by atoms with Crippen molar-refractivity contribution in [3.63, 3.8) is 0 Å². The molecule has 1 saturated heterocycles. The Balaban J connectivity index is 1.89. The molecule has 2 rings (SSSR count). The van der Waals surface area contributed by atoms with Gasteiger partial charge in [0.2, 0.25) is 0 Å². The minimum absolute atomic E-state index is 0.0220. The van der Waals surface area contributed by atoms with Crippen LogP contribution in [0, 0.1) is 0 Å². The summed E-state index contributed by atoms with van der Waals surface area (Å²) in [5.41, 5.74) is 0.325. The van der Waals surface area contributed by atoms with E-state index in [0.29, 0.717) is 31.5 Å². The number of halogens is 2. The summed E-state index contributed by atoms with van der Waals surface area (Å²) in [6, 6.07) is 5.35. The van der Waals surface area contributed by atoms with Gasteiger partial charge in [-0.1, -0.05) is 4.89 Å². The fourth-order valence-electron chi connectivity index (χ4n) is 2.67. The third-order valence-corrected chi connectivity index (χ3v) is 5.22. The van der Waals surface area contributed by atoms with Crippen molar-refractivity contribution < 1.29 is 26.8 Å². The smallest absolute Gasteiger partial charge is 0.262 e. The van der Waals surface area contributed by atoms with Gasteiger partial charge in [-0.15, -0.1) is 0 Å². The van der Waals surface area contributed by atoms with E-state index >= 15 is 0 Å². The molecule has 0 spiro atoms. The van der Waals surface area contributed by atoms with Crippen LogP contribution in [0.3, 0.4) is 0 Å². The molecule has 1 heterocycles. The van der Waals surface area contributed by atoms with Crippen molar-refractivity contribution in [1.29, 1.82) is 0 Å². The van der Waals surface area contributed by atoms with Crippen LogP contribution in [0.15, 0.2) is 29.2 Å². The molecule has 1 fully saturated rings. The van der Waals surface area contributed by atoms with Crippen molar-refractivity contribution in [3.05, 3.63) is 29.8 Å². The van der Waals surface area contributed by atoms with Crippen molar-refractivity contribution in [2.75, 3.05) is 26.7 Å². The molecule has 0 aliphatic carbocycles. The van der Waals surface area contributed by atoms with Gasteiger partial charge in [0.15, 0.2) is 0 Å². The van der Waals surface area contributed by atoms with Crippen molar-refractivity contribution in [2.24, 2.45) is 0 Å². The Morgan fingerprint density at radius 1 is 1.28 bits per heavy atom. The van der Waals surface area contributed by atoms with Gasteiger partial charge in [-0.25, -0.2) is 17.2 Å². The number of nitrogens with one attached hydrogen (secondary N) is 2. The minimum atomic E-state index is -3.77. The Morgan fingerprint density at radius 2 is 1.88 bits per heavy atom. The van der Waals surface area contributed by atoms with E-state index in [-0.39, 0.29) is 23.4 Å². The molecule has 0 unspecified atom stereocenters. The number of piperidine rings is 1. The Kier molecular flexibility index (Phi) is 6.82. The monoisotopic (exact) mass is 377 g/mol. The summed E-state index contributed by atoms with van der Waals surface area (Å²) >= 11 is 0. The molecule has 1 amide bonds. The second kappa shape index (κ2) is 8.65. The van der Waals surface area contributed by atoms with Crippen LogP contribution in [0.1, 0.15) is 23.2 Å². The zero-order chi connectivity index (χ0) is 18.4. The molecule has 1 aliphatic heterocycles. The van der Waals surface area contributed by atoms with E-state index in [4.69, 9.17) is 0 Å². The predicted octanol–water partition coefficient (Wildman–Crippen LogP) is 0.986. The molecule has 10 heteroatoms. The van der Waals surface area contributed by atoms with Crippen molar-refractivity contribution in [2.45, 2.75) is 30.2 Å². The number of hydrogen-bond donors (Lipinski definition) is 2. The van der Waals surface area contributed by atoms with Crippen molar-refractivity contribution >= 4 is 15.9 Å². The number of carbonyl (C=O) groups is 1. The zero-order valence-corrected chi connectivity index (χ0v) is 14.6. The van der Waals surface area contributed by atoms with E-state index in [9.17, 15) is 22.0 Å². The third kappa shape index (κ3) is 5.70. The number of carbonyl (C=O) groups excluding carboxylic acids is 1. The van der Waals surface area contributed by atoms with E-state index in [2.05, 4.69) is 10.2 Å². The molecular weight excluding hydrogens is 356 g/mol. The average molecular weight is 377 g/mol. The fourth-order valence-corrected chi connectivity index (χ4v) is 3.48. The van der Waals surface area contributed by atoms with Crippen molar-refractivity contribution in [1.82, 2.24) is 15.1 Å². The summed E-state index contributed by atoms with van der Waals surface area (Å²) in [5.74, 6) is -0.323. The number of benzene rings is 1. The van der Waals surface area contributed by atoms with Gasteiger partial charge in [-0.3, -0.25) is 14.5 Å². The number of hydrogen-bond acceptors (Lipinski definition) is 5. The maximum atomic E-state index is 12.3. The summed E-state index contributed by atoms with van der Waals surface area (Å²) in [7, 11) is -2.58. The second-order valence-corrected chi connectivity index (χ2v) is 7.40. The van der Waals surface area contributed by atoms with Crippen LogP contribution >= 0.6 is 0 Å². The molecule has 0 atom stereocenters. The summed E-state index contributed by atoms with van der Waals surface area (Å²) in [4.78, 5) is 20.2. The fraction of sp³-hybridized carbons (Fsp3) is 0.533. The Morgan fingerprint density at radius 3 is 2.40 bits per heavy atom. The highest BCUT2D eigenvalue weighted by Crippen LogP contribution is 2.14. The van der Waals surface area contributed by atoms with Gasteiger partial charge in [0.1, 0.15) is 0 Å². The van der Waals surface area contributed by atoms with E-state index in [1.807, 2.05) is 4.89 Å². The largest absolute Gasteiger partial charge is 0.349 e. The van der Waals surface area contributed by atoms with Gasteiger partial charge < -0.3 is 5.32 Å². The molecule has 1 aromatic rings. The van der Waals surface area contributed by atoms with Gasteiger partial charge in [-0.05, 0) is 37.1 Å². The highest BCUT2D eigenvalue weighted by atomic mass is 32.2. The van der Waals surface area contributed by atoms with E-state index in [1.54, 1.807) is 4.90 Å². The standard InChI is InChI=1S/C15H21F2N3O4S/c1-24-19-25(22,23)13-4-2-11(3-5-13)15(21)18-12-6-8-20(9-7-12)10-14(16)17/h2-5,12,14,19H,6-10H2,1H3,(H,18,21). The zero-order valence-electron chi connectivity index (χ0n) is 13.7. The number of likely N-dealkylation sites (tertiary alicyclic amines) is 1. The third-order valence-electron chi connectivity index (χ3n) is 3.94. The molecule has 0 saturated carbocycles. The van der Waals surface area contributed by atoms with Crippen LogP contribution in [-0.4, -0.2) is 58.4 Å². The summed E-state index contributed by atoms with van der Waals surface area (Å²) < 4.78 is 48.2. The SMILES string of the molecule is CONS(=O)(=O)c1ccc(C(=O)NC2CCN(CC(F)F)CC2)cc1. The van der Waals surface area contributed by atoms with Crippen LogP contribution in [0.5, 0.6) is 0 Å². The molecule has 1 aromatic carbocycles. The lowest BCUT2D eigenvalue weighted by atomic mass is 10.0. The molecule has 7 nitrogen and oxygen atoms in total. The first-order valence-electron chi connectivity index (χ1n) is 7.78. The van der Waals surface area contributed by atoms with Gasteiger partial charge in [0, 0.05) is 24.7 Å². The van der Waals surface area contributed by atoms with Crippen LogP contribution in [0.25, 0.3) is 0 Å². The van der Waals surface area contributed by atoms with E-state index in [0.717, 1.165) is 0 Å². The molecule has 0 bridgehead atoms. The van der Waals surface area contributed by atoms with E-state index < -0.39 is 16.4 Å². The number of amides is 1. The summed E-state index contributed by atoms with van der Waals surface area (Å²) in [6.45, 7) is 0.774.